The molecule has 0 saturated heterocycles. The highest BCUT2D eigenvalue weighted by molar-refractivity contribution is 9.10. The second-order valence-electron chi connectivity index (χ2n) is 4.77. The van der Waals surface area contributed by atoms with Gasteiger partial charge in [0.25, 0.3) is 11.8 Å². The van der Waals surface area contributed by atoms with Gasteiger partial charge in [0.05, 0.1) is 5.56 Å². The molecule has 0 aliphatic heterocycles. The molecule has 2 aromatic carbocycles. The largest absolute Gasteiger partial charge is 0.507 e. The Balaban J connectivity index is 1.84. The molecule has 7 heteroatoms. The minimum Gasteiger partial charge on any atom is -0.507 e. The van der Waals surface area contributed by atoms with E-state index in [4.69, 9.17) is 4.74 Å². The summed E-state index contributed by atoms with van der Waals surface area (Å²) in [5.41, 5.74) is 5.35. The van der Waals surface area contributed by atoms with Crippen LogP contribution in [0.4, 0.5) is 0 Å². The average Bonchev–Trinajstić information content (AvgIpc) is 2.53. The molecule has 0 bridgehead atoms. The monoisotopic (exact) mass is 378 g/mol. The number of phenolic OH excluding ortho intramolecular Hbond substituents is 1. The number of hydrazine groups is 1. The topological polar surface area (TPSA) is 87.7 Å². The van der Waals surface area contributed by atoms with Crippen molar-refractivity contribution in [3.05, 3.63) is 58.1 Å². The molecular formula is C16H15BrN2O4. The Morgan fingerprint density at radius 3 is 2.70 bits per heavy atom. The Labute approximate surface area is 141 Å². The first-order valence-corrected chi connectivity index (χ1v) is 7.52. The number of hydrogen-bond acceptors (Lipinski definition) is 4. The molecule has 0 fully saturated rings. The van der Waals surface area contributed by atoms with Crippen LogP contribution in [-0.4, -0.2) is 23.5 Å². The van der Waals surface area contributed by atoms with Gasteiger partial charge in [0, 0.05) is 4.47 Å². The quantitative estimate of drug-likeness (QED) is 0.712. The van der Waals surface area contributed by atoms with Gasteiger partial charge in [-0.2, -0.15) is 0 Å². The van der Waals surface area contributed by atoms with E-state index in [1.165, 1.54) is 12.1 Å². The maximum absolute atomic E-state index is 11.9. The van der Waals surface area contributed by atoms with Crippen LogP contribution >= 0.6 is 15.9 Å². The molecule has 2 aromatic rings. The highest BCUT2D eigenvalue weighted by Crippen LogP contribution is 2.18. The molecule has 0 aliphatic carbocycles. The molecule has 120 valence electrons. The lowest BCUT2D eigenvalue weighted by Gasteiger charge is -2.10. The molecule has 2 rings (SSSR count). The molecule has 23 heavy (non-hydrogen) atoms. The molecule has 2 amide bonds. The minimum absolute atomic E-state index is 0.0817. The van der Waals surface area contributed by atoms with Gasteiger partial charge in [-0.1, -0.05) is 33.6 Å². The summed E-state index contributed by atoms with van der Waals surface area (Å²) in [5.74, 6) is -0.766. The zero-order valence-electron chi connectivity index (χ0n) is 12.3. The van der Waals surface area contributed by atoms with Crippen molar-refractivity contribution in [2.45, 2.75) is 6.92 Å². The van der Waals surface area contributed by atoms with E-state index in [9.17, 15) is 14.7 Å². The standard InChI is InChI=1S/C16H15BrN2O4/c1-10-5-6-14(20)13(7-10)16(22)19-18-15(21)9-23-12-4-2-3-11(17)8-12/h2-8,20H,9H2,1H3,(H,18,21)(H,19,22). The zero-order chi connectivity index (χ0) is 16.8. The van der Waals surface area contributed by atoms with Gasteiger partial charge >= 0.3 is 0 Å². The summed E-state index contributed by atoms with van der Waals surface area (Å²) in [7, 11) is 0. The van der Waals surface area contributed by atoms with Gasteiger partial charge in [0.1, 0.15) is 11.5 Å². The number of nitrogens with one attached hydrogen (secondary N) is 2. The first-order chi connectivity index (χ1) is 11.0. The van der Waals surface area contributed by atoms with E-state index in [1.807, 2.05) is 6.07 Å². The maximum Gasteiger partial charge on any atom is 0.276 e. The van der Waals surface area contributed by atoms with Crippen molar-refractivity contribution in [3.63, 3.8) is 0 Å². The van der Waals surface area contributed by atoms with Crippen molar-refractivity contribution in [3.8, 4) is 11.5 Å². The lowest BCUT2D eigenvalue weighted by molar-refractivity contribution is -0.123. The van der Waals surface area contributed by atoms with Gasteiger partial charge in [0.15, 0.2) is 6.61 Å². The number of carbonyl (C=O) groups excluding carboxylic acids is 2. The summed E-state index contributed by atoms with van der Waals surface area (Å²) in [6.45, 7) is 1.54. The van der Waals surface area contributed by atoms with Gasteiger partial charge < -0.3 is 9.84 Å². The summed E-state index contributed by atoms with van der Waals surface area (Å²) in [4.78, 5) is 23.6. The number of aryl methyl sites for hydroxylation is 1. The van der Waals surface area contributed by atoms with Crippen LogP contribution in [0.1, 0.15) is 15.9 Å². The predicted octanol–water partition coefficient (Wildman–Crippen LogP) is 2.30. The van der Waals surface area contributed by atoms with E-state index in [1.54, 1.807) is 31.2 Å². The van der Waals surface area contributed by atoms with E-state index in [2.05, 4.69) is 26.8 Å². The van der Waals surface area contributed by atoms with E-state index >= 15 is 0 Å². The molecule has 0 saturated carbocycles. The fraction of sp³-hybridized carbons (Fsp3) is 0.125. The Morgan fingerprint density at radius 2 is 1.96 bits per heavy atom. The number of aromatic hydroxyl groups is 1. The number of phenols is 1. The Hall–Kier alpha value is -2.54. The molecule has 0 unspecified atom stereocenters. The highest BCUT2D eigenvalue weighted by atomic mass is 79.9. The third-order valence-electron chi connectivity index (χ3n) is 2.88. The second kappa shape index (κ2) is 7.64. The van der Waals surface area contributed by atoms with Gasteiger partial charge in [-0.05, 0) is 37.3 Å². The van der Waals surface area contributed by atoms with Crippen LogP contribution in [-0.2, 0) is 4.79 Å². The summed E-state index contributed by atoms with van der Waals surface area (Å²) >= 11 is 3.30. The lowest BCUT2D eigenvalue weighted by Crippen LogP contribution is -2.43. The minimum atomic E-state index is -0.609. The smallest absolute Gasteiger partial charge is 0.276 e. The molecule has 0 radical (unpaired) electrons. The molecule has 0 heterocycles. The number of ether oxygens (including phenoxy) is 1. The molecule has 0 aliphatic rings. The van der Waals surface area contributed by atoms with Crippen molar-refractivity contribution in [2.75, 3.05) is 6.61 Å². The van der Waals surface area contributed by atoms with Crippen molar-refractivity contribution < 1.29 is 19.4 Å². The Kier molecular flexibility index (Phi) is 5.59. The number of benzene rings is 2. The third-order valence-corrected chi connectivity index (χ3v) is 3.37. The maximum atomic E-state index is 11.9. The molecule has 0 aromatic heterocycles. The highest BCUT2D eigenvalue weighted by Gasteiger charge is 2.12. The van der Waals surface area contributed by atoms with E-state index < -0.39 is 11.8 Å². The fourth-order valence-corrected chi connectivity index (χ4v) is 2.15. The number of amides is 2. The first-order valence-electron chi connectivity index (χ1n) is 6.73. The normalized spacial score (nSPS) is 10.0. The number of hydrogen-bond donors (Lipinski definition) is 3. The lowest BCUT2D eigenvalue weighted by atomic mass is 10.1. The summed E-state index contributed by atoms with van der Waals surface area (Å²) < 4.78 is 6.12. The Morgan fingerprint density at radius 1 is 1.17 bits per heavy atom. The van der Waals surface area contributed by atoms with Crippen molar-refractivity contribution in [2.24, 2.45) is 0 Å². The van der Waals surface area contributed by atoms with Crippen molar-refractivity contribution in [1.29, 1.82) is 0 Å². The predicted molar refractivity (Wildman–Crippen MR) is 88.1 cm³/mol. The van der Waals surface area contributed by atoms with Crippen LogP contribution in [0, 0.1) is 6.92 Å². The molecule has 0 atom stereocenters. The SMILES string of the molecule is Cc1ccc(O)c(C(=O)NNC(=O)COc2cccc(Br)c2)c1. The summed E-state index contributed by atoms with van der Waals surface area (Å²) in [5, 5.41) is 9.65. The van der Waals surface area contributed by atoms with Crippen LogP contribution in [0.5, 0.6) is 11.5 Å². The second-order valence-corrected chi connectivity index (χ2v) is 5.68. The molecule has 0 spiro atoms. The van der Waals surface area contributed by atoms with Crippen LogP contribution in [0.2, 0.25) is 0 Å². The number of carbonyl (C=O) groups is 2. The number of rotatable bonds is 4. The van der Waals surface area contributed by atoms with Crippen molar-refractivity contribution in [1.82, 2.24) is 10.9 Å². The van der Waals surface area contributed by atoms with Crippen LogP contribution in [0.25, 0.3) is 0 Å². The zero-order valence-corrected chi connectivity index (χ0v) is 13.9. The average molecular weight is 379 g/mol. The van der Waals surface area contributed by atoms with Gasteiger partial charge in [-0.3, -0.25) is 20.4 Å². The fourth-order valence-electron chi connectivity index (χ4n) is 1.77. The Bertz CT molecular complexity index is 734. The van der Waals surface area contributed by atoms with E-state index in [0.717, 1.165) is 10.0 Å². The van der Waals surface area contributed by atoms with E-state index in [-0.39, 0.29) is 17.9 Å². The van der Waals surface area contributed by atoms with Gasteiger partial charge in [-0.25, -0.2) is 0 Å². The summed E-state index contributed by atoms with van der Waals surface area (Å²) in [6, 6.07) is 11.7. The van der Waals surface area contributed by atoms with Crippen molar-refractivity contribution >= 4 is 27.7 Å². The van der Waals surface area contributed by atoms with Crippen LogP contribution in [0.15, 0.2) is 46.9 Å². The van der Waals surface area contributed by atoms with Gasteiger partial charge in [-0.15, -0.1) is 0 Å². The van der Waals surface area contributed by atoms with E-state index in [0.29, 0.717) is 5.75 Å². The number of halogens is 1. The first kappa shape index (κ1) is 16.8. The third kappa shape index (κ3) is 5.00. The van der Waals surface area contributed by atoms with Gasteiger partial charge in [0.2, 0.25) is 0 Å². The summed E-state index contributed by atoms with van der Waals surface area (Å²) in [6.07, 6.45) is 0. The van der Waals surface area contributed by atoms with Crippen LogP contribution in [0.3, 0.4) is 0 Å². The molecule has 3 N–H and O–H groups in total. The molecular weight excluding hydrogens is 364 g/mol. The van der Waals surface area contributed by atoms with Crippen LogP contribution < -0.4 is 15.6 Å². The molecule has 6 nitrogen and oxygen atoms in total.